The summed E-state index contributed by atoms with van der Waals surface area (Å²) in [7, 11) is 1.90. The highest BCUT2D eigenvalue weighted by Gasteiger charge is 2.45. The zero-order chi connectivity index (χ0) is 14.2. The molecule has 2 aliphatic heterocycles. The molecule has 1 fully saturated rings. The standard InChI is InChI=1S/C17H24N2O/c1-17(10-13-19-11-6-3-7-12-19)14-8-4-5-9-15(14)18(2)16(17)20/h4-5,8-9H,3,6-7,10-13H2,1-2H3. The molecular weight excluding hydrogens is 248 g/mol. The molecule has 3 heteroatoms. The Hall–Kier alpha value is -1.35. The number of amides is 1. The van der Waals surface area contributed by atoms with Crippen LogP contribution in [0.3, 0.4) is 0 Å². The van der Waals surface area contributed by atoms with Gasteiger partial charge in [-0.25, -0.2) is 0 Å². The number of para-hydroxylation sites is 1. The highest BCUT2D eigenvalue weighted by Crippen LogP contribution is 2.43. The summed E-state index contributed by atoms with van der Waals surface area (Å²) in [4.78, 5) is 17.0. The van der Waals surface area contributed by atoms with Gasteiger partial charge in [-0.15, -0.1) is 0 Å². The number of carbonyl (C=O) groups excluding carboxylic acids is 1. The Morgan fingerprint density at radius 2 is 1.85 bits per heavy atom. The molecule has 3 nitrogen and oxygen atoms in total. The number of likely N-dealkylation sites (tertiary alicyclic amines) is 1. The van der Waals surface area contributed by atoms with E-state index in [4.69, 9.17) is 0 Å². The number of rotatable bonds is 3. The SMILES string of the molecule is CN1C(=O)C(C)(CCN2CCCCC2)c2ccccc21. The molecule has 1 saturated heterocycles. The van der Waals surface area contributed by atoms with Crippen LogP contribution < -0.4 is 4.90 Å². The van der Waals surface area contributed by atoms with Gasteiger partial charge in [0.15, 0.2) is 0 Å². The van der Waals surface area contributed by atoms with Gasteiger partial charge >= 0.3 is 0 Å². The van der Waals surface area contributed by atoms with Crippen molar-refractivity contribution >= 4 is 11.6 Å². The molecule has 2 aliphatic rings. The molecule has 2 heterocycles. The molecule has 3 rings (SSSR count). The quantitative estimate of drug-likeness (QED) is 0.844. The molecule has 1 aromatic carbocycles. The molecule has 0 aliphatic carbocycles. The minimum Gasteiger partial charge on any atom is -0.314 e. The number of anilines is 1. The second kappa shape index (κ2) is 5.21. The minimum absolute atomic E-state index is 0.246. The van der Waals surface area contributed by atoms with Crippen LogP contribution in [0.5, 0.6) is 0 Å². The average Bonchev–Trinajstić information content (AvgIpc) is 2.69. The Bertz CT molecular complexity index is 507. The first-order valence-corrected chi connectivity index (χ1v) is 7.73. The third-order valence-electron chi connectivity index (χ3n) is 5.01. The monoisotopic (exact) mass is 272 g/mol. The van der Waals surface area contributed by atoms with Crippen molar-refractivity contribution in [2.45, 2.75) is 38.0 Å². The molecular formula is C17H24N2O. The molecule has 0 spiro atoms. The molecule has 108 valence electrons. The highest BCUT2D eigenvalue weighted by molar-refractivity contribution is 6.07. The fourth-order valence-electron chi connectivity index (χ4n) is 3.63. The first kappa shape index (κ1) is 13.6. The van der Waals surface area contributed by atoms with Crippen LogP contribution in [0.2, 0.25) is 0 Å². The molecule has 1 aromatic rings. The van der Waals surface area contributed by atoms with Crippen molar-refractivity contribution in [3.8, 4) is 0 Å². The Morgan fingerprint density at radius 1 is 1.15 bits per heavy atom. The number of piperidine rings is 1. The van der Waals surface area contributed by atoms with E-state index < -0.39 is 0 Å². The third-order valence-corrected chi connectivity index (χ3v) is 5.01. The van der Waals surface area contributed by atoms with E-state index in [0.29, 0.717) is 0 Å². The van der Waals surface area contributed by atoms with Gasteiger partial charge in [-0.2, -0.15) is 0 Å². The molecule has 1 amide bonds. The number of hydrogen-bond acceptors (Lipinski definition) is 2. The van der Waals surface area contributed by atoms with Gasteiger partial charge in [0.25, 0.3) is 0 Å². The summed E-state index contributed by atoms with van der Waals surface area (Å²) >= 11 is 0. The normalized spacial score (nSPS) is 26.9. The lowest BCUT2D eigenvalue weighted by Gasteiger charge is -2.30. The van der Waals surface area contributed by atoms with Gasteiger partial charge in [-0.3, -0.25) is 4.79 Å². The van der Waals surface area contributed by atoms with Crippen LogP contribution >= 0.6 is 0 Å². The van der Waals surface area contributed by atoms with Gasteiger partial charge in [-0.05, 0) is 57.5 Å². The molecule has 1 atom stereocenters. The average molecular weight is 272 g/mol. The zero-order valence-electron chi connectivity index (χ0n) is 12.6. The second-order valence-electron chi connectivity index (χ2n) is 6.37. The maximum atomic E-state index is 12.7. The topological polar surface area (TPSA) is 23.6 Å². The van der Waals surface area contributed by atoms with Crippen LogP contribution in [-0.2, 0) is 10.2 Å². The molecule has 0 bridgehead atoms. The molecule has 0 saturated carbocycles. The van der Waals surface area contributed by atoms with Gasteiger partial charge in [0.2, 0.25) is 5.91 Å². The largest absolute Gasteiger partial charge is 0.314 e. The molecule has 0 aromatic heterocycles. The summed E-state index contributed by atoms with van der Waals surface area (Å²) in [5.41, 5.74) is 1.94. The number of fused-ring (bicyclic) bond motifs is 1. The lowest BCUT2D eigenvalue weighted by atomic mass is 9.80. The first-order valence-electron chi connectivity index (χ1n) is 7.73. The Kier molecular flexibility index (Phi) is 3.55. The summed E-state index contributed by atoms with van der Waals surface area (Å²) < 4.78 is 0. The number of nitrogens with zero attached hydrogens (tertiary/aromatic N) is 2. The van der Waals surface area contributed by atoms with Crippen LogP contribution in [0.4, 0.5) is 5.69 Å². The Balaban J connectivity index is 1.78. The minimum atomic E-state index is -0.344. The summed E-state index contributed by atoms with van der Waals surface area (Å²) in [5.74, 6) is 0.246. The maximum Gasteiger partial charge on any atom is 0.237 e. The predicted octanol–water partition coefficient (Wildman–Crippen LogP) is 2.80. The molecule has 0 N–H and O–H groups in total. The van der Waals surface area contributed by atoms with Gasteiger partial charge in [0, 0.05) is 12.7 Å². The van der Waals surface area contributed by atoms with Gasteiger partial charge in [0.05, 0.1) is 5.41 Å². The summed E-state index contributed by atoms with van der Waals surface area (Å²) in [6, 6.07) is 8.23. The molecule has 20 heavy (non-hydrogen) atoms. The fraction of sp³-hybridized carbons (Fsp3) is 0.588. The van der Waals surface area contributed by atoms with E-state index in [-0.39, 0.29) is 11.3 Å². The third kappa shape index (κ3) is 2.14. The smallest absolute Gasteiger partial charge is 0.237 e. The van der Waals surface area contributed by atoms with Crippen molar-refractivity contribution in [3.05, 3.63) is 29.8 Å². The predicted molar refractivity (Wildman–Crippen MR) is 82.1 cm³/mol. The lowest BCUT2D eigenvalue weighted by Crippen LogP contribution is -2.40. The van der Waals surface area contributed by atoms with Crippen LogP contribution in [-0.4, -0.2) is 37.5 Å². The van der Waals surface area contributed by atoms with E-state index in [0.717, 1.165) is 18.7 Å². The number of hydrogen-bond donors (Lipinski definition) is 0. The molecule has 0 radical (unpaired) electrons. The molecule has 1 unspecified atom stereocenters. The van der Waals surface area contributed by atoms with Crippen molar-refractivity contribution in [3.63, 3.8) is 0 Å². The second-order valence-corrected chi connectivity index (χ2v) is 6.37. The van der Waals surface area contributed by atoms with Crippen LogP contribution in [0.15, 0.2) is 24.3 Å². The van der Waals surface area contributed by atoms with Gasteiger partial charge in [-0.1, -0.05) is 24.6 Å². The Morgan fingerprint density at radius 3 is 2.60 bits per heavy atom. The van der Waals surface area contributed by atoms with Crippen molar-refractivity contribution in [2.24, 2.45) is 0 Å². The number of carbonyl (C=O) groups is 1. The van der Waals surface area contributed by atoms with E-state index in [1.165, 1.54) is 37.9 Å². The van der Waals surface area contributed by atoms with Crippen molar-refractivity contribution in [1.82, 2.24) is 4.90 Å². The van der Waals surface area contributed by atoms with Crippen molar-refractivity contribution in [2.75, 3.05) is 31.6 Å². The van der Waals surface area contributed by atoms with Crippen LogP contribution in [0.1, 0.15) is 38.2 Å². The van der Waals surface area contributed by atoms with E-state index >= 15 is 0 Å². The van der Waals surface area contributed by atoms with Crippen LogP contribution in [0, 0.1) is 0 Å². The van der Waals surface area contributed by atoms with Gasteiger partial charge in [0.1, 0.15) is 0 Å². The van der Waals surface area contributed by atoms with Gasteiger partial charge < -0.3 is 9.80 Å². The van der Waals surface area contributed by atoms with E-state index in [1.807, 2.05) is 24.1 Å². The Labute approximate surface area is 121 Å². The maximum absolute atomic E-state index is 12.7. The highest BCUT2D eigenvalue weighted by atomic mass is 16.2. The number of benzene rings is 1. The summed E-state index contributed by atoms with van der Waals surface area (Å²) in [6.45, 7) is 5.54. The fourth-order valence-corrected chi connectivity index (χ4v) is 3.63. The van der Waals surface area contributed by atoms with Crippen molar-refractivity contribution in [1.29, 1.82) is 0 Å². The number of likely N-dealkylation sites (N-methyl/N-ethyl adjacent to an activating group) is 1. The van der Waals surface area contributed by atoms with Crippen LogP contribution in [0.25, 0.3) is 0 Å². The summed E-state index contributed by atoms with van der Waals surface area (Å²) in [6.07, 6.45) is 4.90. The lowest BCUT2D eigenvalue weighted by molar-refractivity contribution is -0.122. The van der Waals surface area contributed by atoms with E-state index in [9.17, 15) is 4.79 Å². The van der Waals surface area contributed by atoms with E-state index in [1.54, 1.807) is 0 Å². The zero-order valence-corrected chi connectivity index (χ0v) is 12.6. The van der Waals surface area contributed by atoms with E-state index in [2.05, 4.69) is 24.0 Å². The first-order chi connectivity index (χ1) is 9.63. The summed E-state index contributed by atoms with van der Waals surface area (Å²) in [5, 5.41) is 0. The van der Waals surface area contributed by atoms with Crippen molar-refractivity contribution < 1.29 is 4.79 Å².